The average molecular weight is 413 g/mol. The standard InChI is InChI=1S/C20H27N7O3/c1-25-20(22-23-24-25)18-14-27(10-12-29-18)13-16-5-3-6-17(28-2)19(16)30-11-4-8-26-9-7-21-15-26/h3,5-7,9,15,18H,4,8,10-14H2,1-2H3. The fourth-order valence-corrected chi connectivity index (χ4v) is 3.60. The van der Waals surface area contributed by atoms with Gasteiger partial charge in [0.25, 0.3) is 0 Å². The maximum Gasteiger partial charge on any atom is 0.181 e. The van der Waals surface area contributed by atoms with Crippen LogP contribution in [-0.2, 0) is 24.9 Å². The van der Waals surface area contributed by atoms with E-state index < -0.39 is 0 Å². The predicted molar refractivity (Wildman–Crippen MR) is 108 cm³/mol. The van der Waals surface area contributed by atoms with Crippen molar-refractivity contribution in [1.29, 1.82) is 0 Å². The first-order chi connectivity index (χ1) is 14.7. The molecule has 10 heteroatoms. The maximum atomic E-state index is 6.16. The molecule has 0 bridgehead atoms. The van der Waals surface area contributed by atoms with Crippen molar-refractivity contribution in [2.45, 2.75) is 25.6 Å². The monoisotopic (exact) mass is 413 g/mol. The van der Waals surface area contributed by atoms with Gasteiger partial charge >= 0.3 is 0 Å². The largest absolute Gasteiger partial charge is 0.493 e. The molecule has 1 saturated heterocycles. The van der Waals surface area contributed by atoms with E-state index in [9.17, 15) is 0 Å². The Morgan fingerprint density at radius 1 is 1.30 bits per heavy atom. The van der Waals surface area contributed by atoms with Gasteiger partial charge in [-0.05, 0) is 22.9 Å². The zero-order chi connectivity index (χ0) is 20.8. The van der Waals surface area contributed by atoms with E-state index in [1.165, 1.54) is 0 Å². The molecule has 1 aliphatic rings. The molecule has 0 saturated carbocycles. The van der Waals surface area contributed by atoms with Crippen LogP contribution in [0, 0.1) is 0 Å². The van der Waals surface area contributed by atoms with Crippen LogP contribution in [0.2, 0.25) is 0 Å². The topological polar surface area (TPSA) is 92.4 Å². The molecule has 4 rings (SSSR count). The molecule has 0 aliphatic carbocycles. The summed E-state index contributed by atoms with van der Waals surface area (Å²) in [6.07, 6.45) is 6.29. The lowest BCUT2D eigenvalue weighted by Gasteiger charge is -2.32. The number of para-hydroxylation sites is 1. The number of aryl methyl sites for hydroxylation is 2. The average Bonchev–Trinajstić information content (AvgIpc) is 3.43. The van der Waals surface area contributed by atoms with Gasteiger partial charge in [0, 0.05) is 51.2 Å². The molecule has 1 unspecified atom stereocenters. The Hall–Kier alpha value is -2.98. The lowest BCUT2D eigenvalue weighted by Crippen LogP contribution is -2.38. The van der Waals surface area contributed by atoms with Crippen LogP contribution >= 0.6 is 0 Å². The second kappa shape index (κ2) is 9.68. The number of ether oxygens (including phenoxy) is 3. The Labute approximate surface area is 175 Å². The highest BCUT2D eigenvalue weighted by molar-refractivity contribution is 5.46. The number of benzene rings is 1. The number of nitrogens with zero attached hydrogens (tertiary/aromatic N) is 7. The molecule has 0 radical (unpaired) electrons. The first-order valence-corrected chi connectivity index (χ1v) is 10.0. The van der Waals surface area contributed by atoms with Crippen LogP contribution in [0.25, 0.3) is 0 Å². The van der Waals surface area contributed by atoms with Crippen LogP contribution in [0.4, 0.5) is 0 Å². The second-order valence-corrected chi connectivity index (χ2v) is 7.21. The summed E-state index contributed by atoms with van der Waals surface area (Å²) in [5, 5.41) is 11.7. The molecule has 0 N–H and O–H groups in total. The van der Waals surface area contributed by atoms with Gasteiger partial charge in [0.2, 0.25) is 0 Å². The first-order valence-electron chi connectivity index (χ1n) is 10.0. The summed E-state index contributed by atoms with van der Waals surface area (Å²) in [5.41, 5.74) is 1.09. The van der Waals surface area contributed by atoms with Crippen molar-refractivity contribution in [2.75, 3.05) is 33.4 Å². The molecule has 3 heterocycles. The van der Waals surface area contributed by atoms with Gasteiger partial charge in [-0.1, -0.05) is 12.1 Å². The fraction of sp³-hybridized carbons (Fsp3) is 0.500. The van der Waals surface area contributed by atoms with Crippen molar-refractivity contribution in [1.82, 2.24) is 34.7 Å². The van der Waals surface area contributed by atoms with Crippen LogP contribution < -0.4 is 9.47 Å². The van der Waals surface area contributed by atoms with E-state index in [1.807, 2.05) is 36.3 Å². The molecule has 0 amide bonds. The summed E-state index contributed by atoms with van der Waals surface area (Å²) in [7, 11) is 3.50. The Morgan fingerprint density at radius 2 is 2.23 bits per heavy atom. The van der Waals surface area contributed by atoms with Gasteiger partial charge in [-0.3, -0.25) is 4.90 Å². The van der Waals surface area contributed by atoms with E-state index in [-0.39, 0.29) is 6.10 Å². The zero-order valence-electron chi connectivity index (χ0n) is 17.3. The van der Waals surface area contributed by atoms with E-state index >= 15 is 0 Å². The van der Waals surface area contributed by atoms with Crippen molar-refractivity contribution in [2.24, 2.45) is 7.05 Å². The van der Waals surface area contributed by atoms with Gasteiger partial charge in [-0.2, -0.15) is 0 Å². The smallest absolute Gasteiger partial charge is 0.181 e. The molecule has 30 heavy (non-hydrogen) atoms. The SMILES string of the molecule is COc1cccc(CN2CCOC(c3nnnn3C)C2)c1OCCCn1ccnc1. The number of rotatable bonds is 9. The van der Waals surface area contributed by atoms with Gasteiger partial charge in [0.05, 0.1) is 26.7 Å². The number of methoxy groups -OCH3 is 1. The molecule has 1 aromatic carbocycles. The molecule has 160 valence electrons. The maximum absolute atomic E-state index is 6.16. The van der Waals surface area contributed by atoms with Gasteiger partial charge in [-0.25, -0.2) is 9.67 Å². The molecule has 3 aromatic rings. The summed E-state index contributed by atoms with van der Waals surface area (Å²) in [6, 6.07) is 6.02. The van der Waals surface area contributed by atoms with Crippen LogP contribution in [0.3, 0.4) is 0 Å². The number of morpholine rings is 1. The van der Waals surface area contributed by atoms with Crippen LogP contribution in [0.5, 0.6) is 11.5 Å². The Bertz CT molecular complexity index is 928. The van der Waals surface area contributed by atoms with Gasteiger partial charge in [-0.15, -0.1) is 5.10 Å². The lowest BCUT2D eigenvalue weighted by molar-refractivity contribution is -0.0391. The van der Waals surface area contributed by atoms with E-state index in [1.54, 1.807) is 18.0 Å². The zero-order valence-corrected chi connectivity index (χ0v) is 17.3. The number of hydrogen-bond acceptors (Lipinski definition) is 8. The minimum absolute atomic E-state index is 0.149. The van der Waals surface area contributed by atoms with Crippen molar-refractivity contribution in [3.8, 4) is 11.5 Å². The summed E-state index contributed by atoms with van der Waals surface area (Å²) in [6.45, 7) is 4.37. The minimum Gasteiger partial charge on any atom is -0.493 e. The van der Waals surface area contributed by atoms with Crippen LogP contribution in [0.15, 0.2) is 36.9 Å². The lowest BCUT2D eigenvalue weighted by atomic mass is 10.1. The van der Waals surface area contributed by atoms with Gasteiger partial charge in [0.15, 0.2) is 17.3 Å². The fourth-order valence-electron chi connectivity index (χ4n) is 3.60. The van der Waals surface area contributed by atoms with Crippen LogP contribution in [-0.4, -0.2) is 68.1 Å². The molecule has 1 aliphatic heterocycles. The molecule has 2 aromatic heterocycles. The third kappa shape index (κ3) is 4.77. The third-order valence-electron chi connectivity index (χ3n) is 5.13. The Morgan fingerprint density at radius 3 is 3.00 bits per heavy atom. The first kappa shape index (κ1) is 20.3. The minimum atomic E-state index is -0.149. The van der Waals surface area contributed by atoms with Crippen molar-refractivity contribution >= 4 is 0 Å². The van der Waals surface area contributed by atoms with E-state index in [0.29, 0.717) is 19.8 Å². The number of tetrazole rings is 1. The molecular formula is C20H27N7O3. The summed E-state index contributed by atoms with van der Waals surface area (Å²) < 4.78 is 21.3. The van der Waals surface area contributed by atoms with Crippen molar-refractivity contribution in [3.05, 3.63) is 48.3 Å². The summed E-state index contributed by atoms with van der Waals surface area (Å²) in [5.74, 6) is 2.28. The number of hydrogen-bond donors (Lipinski definition) is 0. The van der Waals surface area contributed by atoms with Gasteiger partial charge < -0.3 is 18.8 Å². The number of imidazole rings is 1. The van der Waals surface area contributed by atoms with Crippen molar-refractivity contribution in [3.63, 3.8) is 0 Å². The van der Waals surface area contributed by atoms with E-state index in [0.717, 1.165) is 48.9 Å². The van der Waals surface area contributed by atoms with E-state index in [2.05, 4.69) is 31.5 Å². The molecular weight excluding hydrogens is 386 g/mol. The van der Waals surface area contributed by atoms with E-state index in [4.69, 9.17) is 14.2 Å². The molecule has 0 spiro atoms. The quantitative estimate of drug-likeness (QED) is 0.487. The summed E-state index contributed by atoms with van der Waals surface area (Å²) >= 11 is 0. The molecule has 1 atom stereocenters. The highest BCUT2D eigenvalue weighted by Gasteiger charge is 2.27. The highest BCUT2D eigenvalue weighted by Crippen LogP contribution is 2.33. The third-order valence-corrected chi connectivity index (χ3v) is 5.13. The normalized spacial score (nSPS) is 17.2. The van der Waals surface area contributed by atoms with Crippen LogP contribution in [0.1, 0.15) is 23.9 Å². The Kier molecular flexibility index (Phi) is 6.55. The Balaban J connectivity index is 1.40. The molecule has 10 nitrogen and oxygen atoms in total. The molecule has 1 fully saturated rings. The second-order valence-electron chi connectivity index (χ2n) is 7.21. The summed E-state index contributed by atoms with van der Waals surface area (Å²) in [4.78, 5) is 6.40. The number of aromatic nitrogens is 6. The van der Waals surface area contributed by atoms with Gasteiger partial charge in [0.1, 0.15) is 6.10 Å². The highest BCUT2D eigenvalue weighted by atomic mass is 16.5. The van der Waals surface area contributed by atoms with Crippen molar-refractivity contribution < 1.29 is 14.2 Å². The predicted octanol–water partition coefficient (Wildman–Crippen LogP) is 1.46.